The van der Waals surface area contributed by atoms with Crippen molar-refractivity contribution in [2.24, 2.45) is 5.92 Å². The van der Waals surface area contributed by atoms with Gasteiger partial charge in [-0.2, -0.15) is 0 Å². The van der Waals surface area contributed by atoms with E-state index in [9.17, 15) is 4.79 Å². The van der Waals surface area contributed by atoms with Crippen LogP contribution in [0, 0.1) is 5.92 Å². The zero-order chi connectivity index (χ0) is 16.1. The first-order chi connectivity index (χ1) is 11.2. The minimum absolute atomic E-state index is 0. The van der Waals surface area contributed by atoms with Crippen LogP contribution >= 0.6 is 12.4 Å². The Morgan fingerprint density at radius 2 is 2.25 bits per heavy atom. The van der Waals surface area contributed by atoms with E-state index in [0.29, 0.717) is 18.0 Å². The first-order valence-corrected chi connectivity index (χ1v) is 8.63. The number of nitrogens with one attached hydrogen (secondary N) is 3. The Morgan fingerprint density at radius 1 is 1.38 bits per heavy atom. The highest BCUT2D eigenvalue weighted by molar-refractivity contribution is 5.88. The Morgan fingerprint density at radius 3 is 3.00 bits per heavy atom. The van der Waals surface area contributed by atoms with Crippen molar-refractivity contribution < 1.29 is 9.53 Å². The second kappa shape index (κ2) is 9.37. The minimum atomic E-state index is -0.0330. The summed E-state index contributed by atoms with van der Waals surface area (Å²) in [5.41, 5.74) is 2.07. The highest BCUT2D eigenvalue weighted by Gasteiger charge is 2.34. The van der Waals surface area contributed by atoms with E-state index in [2.05, 4.69) is 22.0 Å². The summed E-state index contributed by atoms with van der Waals surface area (Å²) >= 11 is 0. The van der Waals surface area contributed by atoms with E-state index >= 15 is 0 Å². The predicted octanol–water partition coefficient (Wildman–Crippen LogP) is 2.31. The van der Waals surface area contributed by atoms with Crippen molar-refractivity contribution in [3.63, 3.8) is 0 Å². The number of hydrogen-bond acceptors (Lipinski definition) is 4. The van der Waals surface area contributed by atoms with Gasteiger partial charge in [0.15, 0.2) is 0 Å². The number of carbonyl (C=O) groups excluding carboxylic acids is 1. The topological polar surface area (TPSA) is 62.4 Å². The smallest absolute Gasteiger partial charge is 0.221 e. The van der Waals surface area contributed by atoms with Gasteiger partial charge in [-0.1, -0.05) is 18.6 Å². The molecule has 3 unspecified atom stereocenters. The summed E-state index contributed by atoms with van der Waals surface area (Å²) in [5.74, 6) is 0.614. The normalized spacial score (nSPS) is 26.6. The van der Waals surface area contributed by atoms with Gasteiger partial charge in [0.1, 0.15) is 0 Å². The standard InChI is InChI=1S/C18H27N3O2.ClH/c1-13(22)21-15-5-2-4-14(10-15)11-20-17-7-3-6-16(17)18-12-23-9-8-19-18;/h2,4-5,10,16-20H,3,6-9,11-12H2,1H3,(H,21,22);1H. The minimum Gasteiger partial charge on any atom is -0.379 e. The van der Waals surface area contributed by atoms with Crippen LogP contribution in [0.1, 0.15) is 31.7 Å². The molecule has 24 heavy (non-hydrogen) atoms. The monoisotopic (exact) mass is 353 g/mol. The van der Waals surface area contributed by atoms with Gasteiger partial charge in [0.25, 0.3) is 0 Å². The molecule has 2 fully saturated rings. The van der Waals surface area contributed by atoms with Gasteiger partial charge in [-0.3, -0.25) is 4.79 Å². The maximum Gasteiger partial charge on any atom is 0.221 e. The second-order valence-electron chi connectivity index (χ2n) is 6.60. The van der Waals surface area contributed by atoms with Crippen molar-refractivity contribution in [1.29, 1.82) is 0 Å². The highest BCUT2D eigenvalue weighted by Crippen LogP contribution is 2.29. The average molecular weight is 354 g/mol. The maximum atomic E-state index is 11.2. The van der Waals surface area contributed by atoms with E-state index in [-0.39, 0.29) is 18.3 Å². The summed E-state index contributed by atoms with van der Waals surface area (Å²) in [6.07, 6.45) is 3.78. The van der Waals surface area contributed by atoms with Crippen LogP contribution in [0.2, 0.25) is 0 Å². The van der Waals surface area contributed by atoms with Gasteiger partial charge in [0, 0.05) is 37.8 Å². The Hall–Kier alpha value is -1.14. The van der Waals surface area contributed by atoms with Gasteiger partial charge in [0.2, 0.25) is 5.91 Å². The summed E-state index contributed by atoms with van der Waals surface area (Å²) in [7, 11) is 0. The van der Waals surface area contributed by atoms with Crippen LogP contribution in [0.15, 0.2) is 24.3 Å². The van der Waals surface area contributed by atoms with Gasteiger partial charge in [-0.05, 0) is 36.5 Å². The molecule has 1 saturated carbocycles. The molecule has 0 radical (unpaired) electrons. The summed E-state index contributed by atoms with van der Waals surface area (Å²) < 4.78 is 5.63. The molecule has 1 saturated heterocycles. The number of carbonyl (C=O) groups is 1. The van der Waals surface area contributed by atoms with Crippen molar-refractivity contribution in [3.8, 4) is 0 Å². The average Bonchev–Trinajstić information content (AvgIpc) is 3.02. The highest BCUT2D eigenvalue weighted by atomic mass is 35.5. The summed E-state index contributed by atoms with van der Waals surface area (Å²) in [5, 5.41) is 10.2. The Balaban J connectivity index is 0.00000208. The van der Waals surface area contributed by atoms with Gasteiger partial charge in [0.05, 0.1) is 13.2 Å². The third-order valence-electron chi connectivity index (χ3n) is 4.85. The summed E-state index contributed by atoms with van der Waals surface area (Å²) in [6.45, 7) is 5.00. The lowest BCUT2D eigenvalue weighted by Gasteiger charge is -2.33. The van der Waals surface area contributed by atoms with E-state index < -0.39 is 0 Å². The SMILES string of the molecule is CC(=O)Nc1cccc(CNC2CCCC2C2COCCN2)c1.Cl. The summed E-state index contributed by atoms with van der Waals surface area (Å²) in [6, 6.07) is 9.08. The predicted molar refractivity (Wildman–Crippen MR) is 98.6 cm³/mol. The van der Waals surface area contributed by atoms with Gasteiger partial charge >= 0.3 is 0 Å². The van der Waals surface area contributed by atoms with Crippen LogP contribution in [0.4, 0.5) is 5.69 Å². The van der Waals surface area contributed by atoms with Crippen LogP contribution in [-0.2, 0) is 16.1 Å². The fraction of sp³-hybridized carbons (Fsp3) is 0.611. The van der Waals surface area contributed by atoms with Crippen LogP contribution in [0.5, 0.6) is 0 Å². The van der Waals surface area contributed by atoms with Gasteiger partial charge in [-0.15, -0.1) is 12.4 Å². The molecule has 134 valence electrons. The lowest BCUT2D eigenvalue weighted by molar-refractivity contribution is -0.114. The number of anilines is 1. The molecule has 1 heterocycles. The maximum absolute atomic E-state index is 11.2. The number of ether oxygens (including phenoxy) is 1. The molecular formula is C18H28ClN3O2. The first kappa shape index (κ1) is 19.2. The Bertz CT molecular complexity index is 535. The van der Waals surface area contributed by atoms with Crippen LogP contribution < -0.4 is 16.0 Å². The van der Waals surface area contributed by atoms with Crippen molar-refractivity contribution >= 4 is 24.0 Å². The van der Waals surface area contributed by atoms with Crippen molar-refractivity contribution in [2.75, 3.05) is 25.1 Å². The lowest BCUT2D eigenvalue weighted by Crippen LogP contribution is -2.50. The molecule has 1 aromatic rings. The molecular weight excluding hydrogens is 326 g/mol. The summed E-state index contributed by atoms with van der Waals surface area (Å²) in [4.78, 5) is 11.2. The quantitative estimate of drug-likeness (QED) is 0.760. The Labute approximate surface area is 150 Å². The number of amides is 1. The third kappa shape index (κ3) is 5.18. The fourth-order valence-corrected chi connectivity index (χ4v) is 3.80. The van der Waals surface area contributed by atoms with Crippen LogP contribution in [0.25, 0.3) is 0 Å². The molecule has 0 bridgehead atoms. The van der Waals surface area contributed by atoms with E-state index in [4.69, 9.17) is 4.74 Å². The van der Waals surface area contributed by atoms with Crippen molar-refractivity contribution in [2.45, 2.75) is 44.8 Å². The second-order valence-corrected chi connectivity index (χ2v) is 6.60. The molecule has 0 aromatic heterocycles. The number of rotatable bonds is 5. The molecule has 1 aliphatic heterocycles. The molecule has 1 amide bonds. The van der Waals surface area contributed by atoms with E-state index in [0.717, 1.165) is 32.0 Å². The molecule has 3 atom stereocenters. The number of hydrogen-bond donors (Lipinski definition) is 3. The molecule has 6 heteroatoms. The van der Waals surface area contributed by atoms with Gasteiger partial charge in [-0.25, -0.2) is 0 Å². The Kier molecular flexibility index (Phi) is 7.49. The number of benzene rings is 1. The third-order valence-corrected chi connectivity index (χ3v) is 4.85. The largest absolute Gasteiger partial charge is 0.379 e. The molecule has 3 rings (SSSR count). The van der Waals surface area contributed by atoms with Crippen molar-refractivity contribution in [1.82, 2.24) is 10.6 Å². The van der Waals surface area contributed by atoms with Gasteiger partial charge < -0.3 is 20.7 Å². The van der Waals surface area contributed by atoms with E-state index in [1.165, 1.54) is 31.7 Å². The molecule has 0 spiro atoms. The first-order valence-electron chi connectivity index (χ1n) is 8.63. The van der Waals surface area contributed by atoms with E-state index in [1.807, 2.05) is 18.2 Å². The zero-order valence-electron chi connectivity index (χ0n) is 14.2. The lowest BCUT2D eigenvalue weighted by atomic mass is 9.94. The number of halogens is 1. The van der Waals surface area contributed by atoms with Crippen molar-refractivity contribution in [3.05, 3.63) is 29.8 Å². The molecule has 5 nitrogen and oxygen atoms in total. The fourth-order valence-electron chi connectivity index (χ4n) is 3.80. The van der Waals surface area contributed by atoms with Crippen LogP contribution in [-0.4, -0.2) is 37.7 Å². The molecule has 1 aromatic carbocycles. The van der Waals surface area contributed by atoms with Crippen LogP contribution in [0.3, 0.4) is 0 Å². The molecule has 3 N–H and O–H groups in total. The zero-order valence-corrected chi connectivity index (χ0v) is 15.0. The molecule has 1 aliphatic carbocycles. The van der Waals surface area contributed by atoms with E-state index in [1.54, 1.807) is 0 Å². The number of morpholine rings is 1. The molecule has 2 aliphatic rings.